The summed E-state index contributed by atoms with van der Waals surface area (Å²) < 4.78 is 13.1. The van der Waals surface area contributed by atoms with Gasteiger partial charge in [0.25, 0.3) is 5.91 Å². The molecule has 1 fully saturated rings. The lowest BCUT2D eigenvalue weighted by molar-refractivity contribution is 0.0770. The van der Waals surface area contributed by atoms with E-state index in [4.69, 9.17) is 0 Å². The summed E-state index contributed by atoms with van der Waals surface area (Å²) in [6.45, 7) is 0.675. The second-order valence-corrected chi connectivity index (χ2v) is 5.00. The first-order valence-electron chi connectivity index (χ1n) is 6.32. The highest BCUT2D eigenvalue weighted by Crippen LogP contribution is 2.26. The molecule has 1 aromatic carbocycles. The number of amides is 1. The molecular formula is C14H18FNO2. The van der Waals surface area contributed by atoms with Crippen molar-refractivity contribution in [2.45, 2.75) is 25.7 Å². The highest BCUT2D eigenvalue weighted by Gasteiger charge is 2.22. The summed E-state index contributed by atoms with van der Waals surface area (Å²) in [5.41, 5.74) is 0.0375. The predicted molar refractivity (Wildman–Crippen MR) is 67.0 cm³/mol. The van der Waals surface area contributed by atoms with Crippen LogP contribution in [-0.2, 0) is 0 Å². The van der Waals surface area contributed by atoms with Crippen LogP contribution in [0.5, 0.6) is 5.75 Å². The number of phenolic OH excluding ortho intramolecular Hbond substituents is 1. The van der Waals surface area contributed by atoms with E-state index in [-0.39, 0.29) is 17.2 Å². The van der Waals surface area contributed by atoms with Crippen LogP contribution in [-0.4, -0.2) is 29.5 Å². The number of halogens is 1. The van der Waals surface area contributed by atoms with E-state index in [2.05, 4.69) is 0 Å². The van der Waals surface area contributed by atoms with E-state index in [1.54, 1.807) is 11.9 Å². The fourth-order valence-corrected chi connectivity index (χ4v) is 2.55. The topological polar surface area (TPSA) is 40.5 Å². The Hall–Kier alpha value is -1.58. The van der Waals surface area contributed by atoms with Crippen LogP contribution >= 0.6 is 0 Å². The van der Waals surface area contributed by atoms with E-state index in [1.807, 2.05) is 0 Å². The molecule has 1 N–H and O–H groups in total. The van der Waals surface area contributed by atoms with Crippen molar-refractivity contribution >= 4 is 5.91 Å². The lowest BCUT2D eigenvalue weighted by atomic mass is 10.1. The van der Waals surface area contributed by atoms with Gasteiger partial charge in [0.1, 0.15) is 11.6 Å². The summed E-state index contributed by atoms with van der Waals surface area (Å²) in [4.78, 5) is 13.7. The zero-order valence-electron chi connectivity index (χ0n) is 10.5. The molecule has 1 aliphatic rings. The van der Waals surface area contributed by atoms with Gasteiger partial charge in [-0.05, 0) is 37.0 Å². The molecule has 0 saturated heterocycles. The van der Waals surface area contributed by atoms with Gasteiger partial charge in [0, 0.05) is 13.6 Å². The Morgan fingerprint density at radius 2 is 2.11 bits per heavy atom. The van der Waals surface area contributed by atoms with Gasteiger partial charge in [-0.1, -0.05) is 12.8 Å². The minimum Gasteiger partial charge on any atom is -0.507 e. The van der Waals surface area contributed by atoms with Crippen molar-refractivity contribution in [3.8, 4) is 5.75 Å². The van der Waals surface area contributed by atoms with Crippen molar-refractivity contribution < 1.29 is 14.3 Å². The number of carbonyl (C=O) groups excluding carboxylic acids is 1. The molecule has 3 nitrogen and oxygen atoms in total. The van der Waals surface area contributed by atoms with Crippen molar-refractivity contribution in [2.75, 3.05) is 13.6 Å². The molecule has 0 atom stereocenters. The minimum absolute atomic E-state index is 0.0375. The lowest BCUT2D eigenvalue weighted by Crippen LogP contribution is -2.31. The van der Waals surface area contributed by atoms with Crippen LogP contribution < -0.4 is 0 Å². The molecule has 0 unspecified atom stereocenters. The van der Waals surface area contributed by atoms with E-state index in [1.165, 1.54) is 18.9 Å². The molecule has 0 heterocycles. The molecule has 1 saturated carbocycles. The smallest absolute Gasteiger partial charge is 0.257 e. The van der Waals surface area contributed by atoms with Crippen LogP contribution in [0.4, 0.5) is 4.39 Å². The van der Waals surface area contributed by atoms with E-state index in [0.717, 1.165) is 25.0 Å². The number of rotatable bonds is 3. The van der Waals surface area contributed by atoms with E-state index in [0.29, 0.717) is 12.5 Å². The molecule has 0 aromatic heterocycles. The van der Waals surface area contributed by atoms with E-state index >= 15 is 0 Å². The quantitative estimate of drug-likeness (QED) is 0.897. The second-order valence-electron chi connectivity index (χ2n) is 5.00. The first-order valence-corrected chi connectivity index (χ1v) is 6.32. The van der Waals surface area contributed by atoms with Crippen molar-refractivity contribution in [1.82, 2.24) is 4.90 Å². The largest absolute Gasteiger partial charge is 0.507 e. The number of hydrogen-bond donors (Lipinski definition) is 1. The zero-order chi connectivity index (χ0) is 13.1. The summed E-state index contributed by atoms with van der Waals surface area (Å²) in [6, 6.07) is 3.44. The third-order valence-corrected chi connectivity index (χ3v) is 3.54. The van der Waals surface area contributed by atoms with Crippen molar-refractivity contribution in [2.24, 2.45) is 5.92 Å². The number of carbonyl (C=O) groups is 1. The Kier molecular flexibility index (Phi) is 3.84. The van der Waals surface area contributed by atoms with E-state index < -0.39 is 5.82 Å². The number of phenols is 1. The predicted octanol–water partition coefficient (Wildman–Crippen LogP) is 2.79. The van der Waals surface area contributed by atoms with E-state index in [9.17, 15) is 14.3 Å². The van der Waals surface area contributed by atoms with Crippen LogP contribution in [0.1, 0.15) is 36.0 Å². The Labute approximate surface area is 106 Å². The fourth-order valence-electron chi connectivity index (χ4n) is 2.55. The van der Waals surface area contributed by atoms with Crippen LogP contribution in [0.2, 0.25) is 0 Å². The van der Waals surface area contributed by atoms with Gasteiger partial charge in [-0.2, -0.15) is 0 Å². The van der Waals surface area contributed by atoms with Gasteiger partial charge in [0.2, 0.25) is 0 Å². The van der Waals surface area contributed by atoms with Gasteiger partial charge in [-0.15, -0.1) is 0 Å². The Morgan fingerprint density at radius 3 is 2.78 bits per heavy atom. The molecule has 1 aliphatic carbocycles. The number of hydrogen-bond acceptors (Lipinski definition) is 2. The van der Waals surface area contributed by atoms with Gasteiger partial charge < -0.3 is 10.0 Å². The molecule has 1 amide bonds. The van der Waals surface area contributed by atoms with Crippen molar-refractivity contribution in [3.63, 3.8) is 0 Å². The van der Waals surface area contributed by atoms with Gasteiger partial charge in [-0.3, -0.25) is 4.79 Å². The number of nitrogens with zero attached hydrogens (tertiary/aromatic N) is 1. The summed E-state index contributed by atoms with van der Waals surface area (Å²) in [5.74, 6) is -0.460. The zero-order valence-corrected chi connectivity index (χ0v) is 10.5. The van der Waals surface area contributed by atoms with Crippen LogP contribution in [0.3, 0.4) is 0 Å². The van der Waals surface area contributed by atoms with Gasteiger partial charge >= 0.3 is 0 Å². The third-order valence-electron chi connectivity index (χ3n) is 3.54. The second kappa shape index (κ2) is 5.38. The molecule has 18 heavy (non-hydrogen) atoms. The maximum atomic E-state index is 13.1. The monoisotopic (exact) mass is 251 g/mol. The number of benzene rings is 1. The standard InChI is InChI=1S/C14H18FNO2/c1-16(9-10-4-2-3-5-10)14(18)12-8-11(15)6-7-13(12)17/h6-8,10,17H,2-5,9H2,1H3. The molecule has 0 aliphatic heterocycles. The molecule has 4 heteroatoms. The molecule has 2 rings (SSSR count). The molecular weight excluding hydrogens is 233 g/mol. The summed E-state index contributed by atoms with van der Waals surface area (Å²) in [6.07, 6.45) is 4.73. The molecule has 98 valence electrons. The highest BCUT2D eigenvalue weighted by molar-refractivity contribution is 5.96. The summed E-state index contributed by atoms with van der Waals surface area (Å²) in [5, 5.41) is 9.60. The summed E-state index contributed by atoms with van der Waals surface area (Å²) >= 11 is 0. The lowest BCUT2D eigenvalue weighted by Gasteiger charge is -2.21. The van der Waals surface area contributed by atoms with Crippen LogP contribution in [0.15, 0.2) is 18.2 Å². The molecule has 1 aromatic rings. The fraction of sp³-hybridized carbons (Fsp3) is 0.500. The van der Waals surface area contributed by atoms with Crippen LogP contribution in [0.25, 0.3) is 0 Å². The Bertz CT molecular complexity index is 441. The number of aromatic hydroxyl groups is 1. The maximum Gasteiger partial charge on any atom is 0.257 e. The SMILES string of the molecule is CN(CC1CCCC1)C(=O)c1cc(F)ccc1O. The summed E-state index contributed by atoms with van der Waals surface area (Å²) in [7, 11) is 1.70. The normalized spacial score (nSPS) is 15.9. The Balaban J connectivity index is 2.07. The molecule has 0 radical (unpaired) electrons. The van der Waals surface area contributed by atoms with Crippen molar-refractivity contribution in [3.05, 3.63) is 29.6 Å². The highest BCUT2D eigenvalue weighted by atomic mass is 19.1. The van der Waals surface area contributed by atoms with Crippen LogP contribution in [0, 0.1) is 11.7 Å². The first-order chi connectivity index (χ1) is 8.58. The average Bonchev–Trinajstić information content (AvgIpc) is 2.84. The van der Waals surface area contributed by atoms with Gasteiger partial charge in [0.15, 0.2) is 0 Å². The minimum atomic E-state index is -0.509. The third kappa shape index (κ3) is 2.81. The van der Waals surface area contributed by atoms with Crippen molar-refractivity contribution in [1.29, 1.82) is 0 Å². The average molecular weight is 251 g/mol. The maximum absolute atomic E-state index is 13.1. The van der Waals surface area contributed by atoms with Gasteiger partial charge in [-0.25, -0.2) is 4.39 Å². The first kappa shape index (κ1) is 12.9. The Morgan fingerprint density at radius 1 is 1.44 bits per heavy atom. The molecule has 0 bridgehead atoms. The molecule has 0 spiro atoms. The van der Waals surface area contributed by atoms with Gasteiger partial charge in [0.05, 0.1) is 5.56 Å².